The molecule has 0 saturated heterocycles. The quantitative estimate of drug-likeness (QED) is 0.656. The minimum atomic E-state index is 0.319. The van der Waals surface area contributed by atoms with E-state index in [0.717, 1.165) is 13.2 Å². The highest BCUT2D eigenvalue weighted by atomic mass is 16.5. The van der Waals surface area contributed by atoms with Crippen molar-refractivity contribution in [1.29, 1.82) is 0 Å². The van der Waals surface area contributed by atoms with Crippen molar-refractivity contribution in [2.24, 2.45) is 5.41 Å². The van der Waals surface area contributed by atoms with Crippen LogP contribution in [-0.4, -0.2) is 26.4 Å². The van der Waals surface area contributed by atoms with Gasteiger partial charge in [0.05, 0.1) is 12.7 Å². The van der Waals surface area contributed by atoms with Crippen LogP contribution < -0.4 is 0 Å². The molecule has 0 N–H and O–H groups in total. The van der Waals surface area contributed by atoms with E-state index in [0.29, 0.717) is 11.5 Å². The van der Waals surface area contributed by atoms with Crippen molar-refractivity contribution in [1.82, 2.24) is 0 Å². The third kappa shape index (κ3) is 2.48. The molecule has 1 aliphatic carbocycles. The molecule has 1 saturated carbocycles. The van der Waals surface area contributed by atoms with Gasteiger partial charge in [-0.1, -0.05) is 19.8 Å². The van der Waals surface area contributed by atoms with E-state index in [9.17, 15) is 0 Å². The van der Waals surface area contributed by atoms with Crippen molar-refractivity contribution < 1.29 is 9.47 Å². The van der Waals surface area contributed by atoms with Crippen LogP contribution >= 0.6 is 0 Å². The van der Waals surface area contributed by atoms with Crippen LogP contribution in [0.4, 0.5) is 0 Å². The third-order valence-electron chi connectivity index (χ3n) is 3.45. The van der Waals surface area contributed by atoms with Crippen molar-refractivity contribution in [2.45, 2.75) is 52.1 Å². The summed E-state index contributed by atoms with van der Waals surface area (Å²) in [6.45, 7) is 6.02. The van der Waals surface area contributed by atoms with Crippen LogP contribution in [-0.2, 0) is 9.47 Å². The maximum absolute atomic E-state index is 5.63. The molecule has 1 rings (SSSR count). The van der Waals surface area contributed by atoms with Gasteiger partial charge in [-0.2, -0.15) is 0 Å². The predicted molar refractivity (Wildman–Crippen MR) is 58.5 cm³/mol. The number of rotatable bonds is 6. The van der Waals surface area contributed by atoms with Gasteiger partial charge in [0.1, 0.15) is 0 Å². The standard InChI is InChI=1S/C12H24O2/c1-4-8-12(10-14-5-2)9-6-7-11(12)13-3/h11H,4-10H2,1-3H3. The lowest BCUT2D eigenvalue weighted by atomic mass is 9.80. The average molecular weight is 200 g/mol. The summed E-state index contributed by atoms with van der Waals surface area (Å²) in [4.78, 5) is 0. The van der Waals surface area contributed by atoms with Gasteiger partial charge in [-0.05, 0) is 26.2 Å². The predicted octanol–water partition coefficient (Wildman–Crippen LogP) is 3.01. The van der Waals surface area contributed by atoms with Crippen molar-refractivity contribution in [3.8, 4) is 0 Å². The summed E-state index contributed by atoms with van der Waals surface area (Å²) in [6, 6.07) is 0. The molecule has 2 unspecified atom stereocenters. The third-order valence-corrected chi connectivity index (χ3v) is 3.45. The Morgan fingerprint density at radius 2 is 2.14 bits per heavy atom. The first-order valence-corrected chi connectivity index (χ1v) is 5.89. The minimum absolute atomic E-state index is 0.319. The molecular weight excluding hydrogens is 176 g/mol. The first-order valence-electron chi connectivity index (χ1n) is 5.89. The number of ether oxygens (including phenoxy) is 2. The summed E-state index contributed by atoms with van der Waals surface area (Å²) in [5.74, 6) is 0. The molecule has 0 bridgehead atoms. The molecule has 0 aromatic heterocycles. The van der Waals surface area contributed by atoms with Crippen molar-refractivity contribution >= 4 is 0 Å². The smallest absolute Gasteiger partial charge is 0.0649 e. The zero-order valence-electron chi connectivity index (χ0n) is 9.84. The second kappa shape index (κ2) is 5.72. The van der Waals surface area contributed by atoms with Gasteiger partial charge in [-0.3, -0.25) is 0 Å². The largest absolute Gasteiger partial charge is 0.381 e. The van der Waals surface area contributed by atoms with E-state index in [4.69, 9.17) is 9.47 Å². The number of hydrogen-bond donors (Lipinski definition) is 0. The second-order valence-corrected chi connectivity index (χ2v) is 4.37. The first kappa shape index (κ1) is 12.0. The normalized spacial score (nSPS) is 32.4. The molecule has 0 heterocycles. The van der Waals surface area contributed by atoms with E-state index in [1.54, 1.807) is 0 Å². The maximum atomic E-state index is 5.63. The first-order chi connectivity index (χ1) is 6.79. The Hall–Kier alpha value is -0.0800. The Morgan fingerprint density at radius 1 is 1.36 bits per heavy atom. The fourth-order valence-electron chi connectivity index (χ4n) is 2.80. The van der Waals surface area contributed by atoms with Crippen molar-refractivity contribution in [2.75, 3.05) is 20.3 Å². The molecule has 84 valence electrons. The van der Waals surface area contributed by atoms with Gasteiger partial charge < -0.3 is 9.47 Å². The fraction of sp³-hybridized carbons (Fsp3) is 1.00. The van der Waals surface area contributed by atoms with Gasteiger partial charge >= 0.3 is 0 Å². The molecular formula is C12H24O2. The molecule has 0 aromatic carbocycles. The van der Waals surface area contributed by atoms with Crippen LogP contribution in [0.5, 0.6) is 0 Å². The molecule has 0 spiro atoms. The van der Waals surface area contributed by atoms with E-state index in [-0.39, 0.29) is 0 Å². The Balaban J connectivity index is 2.58. The van der Waals surface area contributed by atoms with Crippen LogP contribution in [0.3, 0.4) is 0 Å². The highest BCUT2D eigenvalue weighted by Crippen LogP contribution is 2.43. The number of hydrogen-bond acceptors (Lipinski definition) is 2. The zero-order chi connectivity index (χ0) is 10.4. The summed E-state index contributed by atoms with van der Waals surface area (Å²) >= 11 is 0. The minimum Gasteiger partial charge on any atom is -0.381 e. The highest BCUT2D eigenvalue weighted by molar-refractivity contribution is 4.92. The highest BCUT2D eigenvalue weighted by Gasteiger charge is 2.42. The van der Waals surface area contributed by atoms with E-state index in [2.05, 4.69) is 13.8 Å². The molecule has 2 atom stereocenters. The van der Waals surface area contributed by atoms with Crippen molar-refractivity contribution in [3.05, 3.63) is 0 Å². The summed E-state index contributed by atoms with van der Waals surface area (Å²) in [5.41, 5.74) is 0.319. The van der Waals surface area contributed by atoms with E-state index in [1.807, 2.05) is 7.11 Å². The topological polar surface area (TPSA) is 18.5 Å². The van der Waals surface area contributed by atoms with Crippen molar-refractivity contribution in [3.63, 3.8) is 0 Å². The van der Waals surface area contributed by atoms with Gasteiger partial charge in [0.25, 0.3) is 0 Å². The van der Waals surface area contributed by atoms with Gasteiger partial charge in [0, 0.05) is 19.1 Å². The van der Waals surface area contributed by atoms with Gasteiger partial charge in [0.2, 0.25) is 0 Å². The van der Waals surface area contributed by atoms with Crippen LogP contribution in [0.15, 0.2) is 0 Å². The van der Waals surface area contributed by atoms with E-state index >= 15 is 0 Å². The Bertz CT molecular complexity index is 158. The average Bonchev–Trinajstić information content (AvgIpc) is 2.59. The Morgan fingerprint density at radius 3 is 2.71 bits per heavy atom. The number of methoxy groups -OCH3 is 1. The second-order valence-electron chi connectivity index (χ2n) is 4.37. The summed E-state index contributed by atoms with van der Waals surface area (Å²) < 4.78 is 11.2. The molecule has 0 aliphatic heterocycles. The molecule has 1 fully saturated rings. The van der Waals surface area contributed by atoms with Gasteiger partial charge in [-0.15, -0.1) is 0 Å². The SMILES string of the molecule is CCCC1(COCC)CCCC1OC. The lowest BCUT2D eigenvalue weighted by molar-refractivity contribution is -0.0490. The van der Waals surface area contributed by atoms with Gasteiger partial charge in [-0.25, -0.2) is 0 Å². The monoisotopic (exact) mass is 200 g/mol. The van der Waals surface area contributed by atoms with Gasteiger partial charge in [0.15, 0.2) is 0 Å². The molecule has 2 heteroatoms. The van der Waals surface area contributed by atoms with E-state index in [1.165, 1.54) is 32.1 Å². The Kier molecular flexibility index (Phi) is 4.90. The van der Waals surface area contributed by atoms with E-state index < -0.39 is 0 Å². The fourth-order valence-corrected chi connectivity index (χ4v) is 2.80. The lowest BCUT2D eigenvalue weighted by Crippen LogP contribution is -2.36. The zero-order valence-corrected chi connectivity index (χ0v) is 9.84. The molecule has 0 amide bonds. The maximum Gasteiger partial charge on any atom is 0.0649 e. The molecule has 1 aliphatic rings. The summed E-state index contributed by atoms with van der Waals surface area (Å²) in [7, 11) is 1.84. The molecule has 0 radical (unpaired) electrons. The molecule has 0 aromatic rings. The van der Waals surface area contributed by atoms with Crippen LogP contribution in [0.25, 0.3) is 0 Å². The van der Waals surface area contributed by atoms with Crippen LogP contribution in [0.1, 0.15) is 46.0 Å². The summed E-state index contributed by atoms with van der Waals surface area (Å²) in [6.07, 6.45) is 6.68. The Labute approximate surface area is 88.0 Å². The lowest BCUT2D eigenvalue weighted by Gasteiger charge is -2.34. The summed E-state index contributed by atoms with van der Waals surface area (Å²) in [5, 5.41) is 0. The van der Waals surface area contributed by atoms with Crippen LogP contribution in [0.2, 0.25) is 0 Å². The molecule has 14 heavy (non-hydrogen) atoms. The van der Waals surface area contributed by atoms with Crippen LogP contribution in [0, 0.1) is 5.41 Å². The molecule has 2 nitrogen and oxygen atoms in total.